The van der Waals surface area contributed by atoms with Crippen molar-refractivity contribution in [3.05, 3.63) is 66.7 Å². The Bertz CT molecular complexity index is 844. The molecule has 0 heterocycles. The van der Waals surface area contributed by atoms with Gasteiger partial charge in [0, 0.05) is 5.69 Å². The molecule has 2 N–H and O–H groups in total. The summed E-state index contributed by atoms with van der Waals surface area (Å²) in [6.45, 7) is 0. The van der Waals surface area contributed by atoms with E-state index in [1.54, 1.807) is 24.3 Å². The predicted molar refractivity (Wildman–Crippen MR) is 96.9 cm³/mol. The molecule has 132 valence electrons. The summed E-state index contributed by atoms with van der Waals surface area (Å²) in [6, 6.07) is 16.5. The summed E-state index contributed by atoms with van der Waals surface area (Å²) in [4.78, 5) is 24.2. The third-order valence-electron chi connectivity index (χ3n) is 5.15. The molecule has 0 aliphatic heterocycles. The maximum absolute atomic E-state index is 12.7. The van der Waals surface area contributed by atoms with Crippen molar-refractivity contribution in [2.45, 2.75) is 6.42 Å². The van der Waals surface area contributed by atoms with Crippen molar-refractivity contribution < 1.29 is 19.4 Å². The first-order chi connectivity index (χ1) is 12.6. The van der Waals surface area contributed by atoms with Gasteiger partial charge < -0.3 is 15.2 Å². The Morgan fingerprint density at radius 1 is 0.885 bits per heavy atom. The van der Waals surface area contributed by atoms with E-state index in [-0.39, 0.29) is 17.7 Å². The fourth-order valence-corrected chi connectivity index (χ4v) is 3.97. The zero-order valence-corrected chi connectivity index (χ0v) is 14.0. The summed E-state index contributed by atoms with van der Waals surface area (Å²) in [7, 11) is 0. The molecule has 1 fully saturated rings. The average molecular weight is 349 g/mol. The smallest absolute Gasteiger partial charge is 0.307 e. The number of carboxylic acid groups (broad SMARTS) is 1. The van der Waals surface area contributed by atoms with E-state index >= 15 is 0 Å². The number of allylic oxidation sites excluding steroid dienone is 2. The Balaban J connectivity index is 1.43. The van der Waals surface area contributed by atoms with Gasteiger partial charge >= 0.3 is 5.97 Å². The molecular weight excluding hydrogens is 330 g/mol. The number of aliphatic carboxylic acids is 1. The van der Waals surface area contributed by atoms with Crippen molar-refractivity contribution in [1.29, 1.82) is 0 Å². The standard InChI is InChI=1S/C21H19NO4/c23-20(18-13-6-7-14(12-13)19(18)21(24)25)22-15-8-10-17(11-9-15)26-16-4-2-1-3-5-16/h1-11,13-14,18-19H,12H2,(H,22,23)(H,24,25)/t13-,14+,18-,19+/m0/s1. The van der Waals surface area contributed by atoms with Gasteiger partial charge in [-0.05, 0) is 54.7 Å². The second-order valence-electron chi connectivity index (χ2n) is 6.77. The third kappa shape index (κ3) is 3.08. The van der Waals surface area contributed by atoms with E-state index in [0.29, 0.717) is 11.4 Å². The minimum Gasteiger partial charge on any atom is -0.481 e. The molecule has 26 heavy (non-hydrogen) atoms. The van der Waals surface area contributed by atoms with E-state index in [9.17, 15) is 14.7 Å². The number of carbonyl (C=O) groups is 2. The highest BCUT2D eigenvalue weighted by Gasteiger charge is 2.51. The summed E-state index contributed by atoms with van der Waals surface area (Å²) >= 11 is 0. The molecule has 5 heteroatoms. The van der Waals surface area contributed by atoms with E-state index < -0.39 is 17.8 Å². The maximum atomic E-state index is 12.7. The van der Waals surface area contributed by atoms with Crippen molar-refractivity contribution >= 4 is 17.6 Å². The molecule has 4 rings (SSSR count). The normalized spacial score (nSPS) is 25.8. The van der Waals surface area contributed by atoms with E-state index in [4.69, 9.17) is 4.74 Å². The number of nitrogens with one attached hydrogen (secondary N) is 1. The second kappa shape index (κ2) is 6.67. The van der Waals surface area contributed by atoms with Crippen LogP contribution in [0.25, 0.3) is 0 Å². The molecule has 2 aliphatic rings. The minimum absolute atomic E-state index is 0.0155. The first kappa shape index (κ1) is 16.4. The molecule has 0 radical (unpaired) electrons. The van der Waals surface area contributed by atoms with Crippen LogP contribution in [0.3, 0.4) is 0 Å². The zero-order valence-electron chi connectivity index (χ0n) is 14.0. The number of hydrogen-bond acceptors (Lipinski definition) is 3. The van der Waals surface area contributed by atoms with Crippen molar-refractivity contribution in [1.82, 2.24) is 0 Å². The number of carbonyl (C=O) groups excluding carboxylic acids is 1. The first-order valence-corrected chi connectivity index (χ1v) is 8.67. The number of hydrogen-bond donors (Lipinski definition) is 2. The van der Waals surface area contributed by atoms with Crippen LogP contribution in [0.1, 0.15) is 6.42 Å². The van der Waals surface area contributed by atoms with Crippen LogP contribution in [-0.2, 0) is 9.59 Å². The highest BCUT2D eigenvalue weighted by Crippen LogP contribution is 2.48. The molecule has 0 spiro atoms. The topological polar surface area (TPSA) is 75.6 Å². The Hall–Kier alpha value is -3.08. The van der Waals surface area contributed by atoms with Gasteiger partial charge in [0.2, 0.25) is 5.91 Å². The van der Waals surface area contributed by atoms with Crippen LogP contribution in [0.15, 0.2) is 66.7 Å². The van der Waals surface area contributed by atoms with Gasteiger partial charge in [-0.2, -0.15) is 0 Å². The number of benzene rings is 2. The van der Waals surface area contributed by atoms with Crippen LogP contribution < -0.4 is 10.1 Å². The second-order valence-corrected chi connectivity index (χ2v) is 6.77. The van der Waals surface area contributed by atoms with E-state index in [0.717, 1.165) is 12.2 Å². The van der Waals surface area contributed by atoms with Gasteiger partial charge in [0.15, 0.2) is 0 Å². The van der Waals surface area contributed by atoms with Gasteiger partial charge in [0.1, 0.15) is 11.5 Å². The molecular formula is C21H19NO4. The maximum Gasteiger partial charge on any atom is 0.307 e. The molecule has 2 aliphatic carbocycles. The number of anilines is 1. The number of ether oxygens (including phenoxy) is 1. The van der Waals surface area contributed by atoms with Gasteiger partial charge in [-0.15, -0.1) is 0 Å². The van der Waals surface area contributed by atoms with E-state index in [1.165, 1.54) is 0 Å². The van der Waals surface area contributed by atoms with E-state index in [2.05, 4.69) is 5.32 Å². The molecule has 4 atom stereocenters. The SMILES string of the molecule is O=C(Nc1ccc(Oc2ccccc2)cc1)[C@@H]1[C@H](C(=O)O)[C@@H]2C=C[C@H]1C2. The largest absolute Gasteiger partial charge is 0.481 e. The van der Waals surface area contributed by atoms with Crippen LogP contribution in [0, 0.1) is 23.7 Å². The van der Waals surface area contributed by atoms with Gasteiger partial charge in [-0.1, -0.05) is 30.4 Å². The van der Waals surface area contributed by atoms with Crippen LogP contribution in [-0.4, -0.2) is 17.0 Å². The molecule has 1 saturated carbocycles. The van der Waals surface area contributed by atoms with Gasteiger partial charge in [-0.3, -0.25) is 9.59 Å². The fourth-order valence-electron chi connectivity index (χ4n) is 3.97. The lowest BCUT2D eigenvalue weighted by Crippen LogP contribution is -2.36. The Morgan fingerprint density at radius 3 is 2.15 bits per heavy atom. The minimum atomic E-state index is -0.895. The van der Waals surface area contributed by atoms with Crippen LogP contribution in [0.5, 0.6) is 11.5 Å². The molecule has 2 aromatic rings. The highest BCUT2D eigenvalue weighted by atomic mass is 16.5. The molecule has 5 nitrogen and oxygen atoms in total. The molecule has 2 aromatic carbocycles. The molecule has 1 amide bonds. The number of para-hydroxylation sites is 1. The van der Waals surface area contributed by atoms with Crippen LogP contribution in [0.4, 0.5) is 5.69 Å². The van der Waals surface area contributed by atoms with Crippen molar-refractivity contribution in [2.75, 3.05) is 5.32 Å². The summed E-state index contributed by atoms with van der Waals surface area (Å²) in [5, 5.41) is 12.3. The highest BCUT2D eigenvalue weighted by molar-refractivity contribution is 5.96. The average Bonchev–Trinajstić information content (AvgIpc) is 3.25. The van der Waals surface area contributed by atoms with Crippen LogP contribution >= 0.6 is 0 Å². The molecule has 0 saturated heterocycles. The lowest BCUT2D eigenvalue weighted by atomic mass is 9.82. The summed E-state index contributed by atoms with van der Waals surface area (Å²) in [5.74, 6) is -0.882. The van der Waals surface area contributed by atoms with Gasteiger partial charge in [0.25, 0.3) is 0 Å². The Kier molecular flexibility index (Phi) is 4.21. The van der Waals surface area contributed by atoms with Crippen molar-refractivity contribution in [3.8, 4) is 11.5 Å². The number of rotatable bonds is 5. The lowest BCUT2D eigenvalue weighted by Gasteiger charge is -2.23. The van der Waals surface area contributed by atoms with Gasteiger partial charge in [-0.25, -0.2) is 0 Å². The molecule has 2 bridgehead atoms. The predicted octanol–water partition coefficient (Wildman–Crippen LogP) is 3.94. The Morgan fingerprint density at radius 2 is 1.50 bits per heavy atom. The summed E-state index contributed by atoms with van der Waals surface area (Å²) in [5.41, 5.74) is 0.631. The third-order valence-corrected chi connectivity index (χ3v) is 5.15. The summed E-state index contributed by atoms with van der Waals surface area (Å²) < 4.78 is 5.73. The van der Waals surface area contributed by atoms with Crippen LogP contribution in [0.2, 0.25) is 0 Å². The fraction of sp³-hybridized carbons (Fsp3) is 0.238. The molecule has 0 aromatic heterocycles. The number of amides is 1. The number of carboxylic acids is 1. The summed E-state index contributed by atoms with van der Waals surface area (Å²) in [6.07, 6.45) is 4.66. The monoisotopic (exact) mass is 349 g/mol. The quantitative estimate of drug-likeness (QED) is 0.802. The van der Waals surface area contributed by atoms with Crippen molar-refractivity contribution in [2.24, 2.45) is 23.7 Å². The Labute approximate surface area is 151 Å². The number of fused-ring (bicyclic) bond motifs is 2. The zero-order chi connectivity index (χ0) is 18.1. The van der Waals surface area contributed by atoms with E-state index in [1.807, 2.05) is 42.5 Å². The first-order valence-electron chi connectivity index (χ1n) is 8.67. The van der Waals surface area contributed by atoms with Gasteiger partial charge in [0.05, 0.1) is 11.8 Å². The lowest BCUT2D eigenvalue weighted by molar-refractivity contribution is -0.146. The van der Waals surface area contributed by atoms with Crippen molar-refractivity contribution in [3.63, 3.8) is 0 Å². The molecule has 0 unspecified atom stereocenters.